The summed E-state index contributed by atoms with van der Waals surface area (Å²) in [7, 11) is 0. The molecule has 0 fully saturated rings. The van der Waals surface area contributed by atoms with Gasteiger partial charge in [0.2, 0.25) is 23.0 Å². The van der Waals surface area contributed by atoms with Gasteiger partial charge in [0, 0.05) is 21.7 Å². The van der Waals surface area contributed by atoms with Crippen LogP contribution in [0.2, 0.25) is 0 Å². The minimum atomic E-state index is -1.10. The first-order valence-corrected chi connectivity index (χ1v) is 14.7. The predicted octanol–water partition coefficient (Wildman–Crippen LogP) is 8.37. The lowest BCUT2D eigenvalue weighted by Crippen LogP contribution is -1.90. The number of furan rings is 1. The van der Waals surface area contributed by atoms with Crippen LogP contribution in [0.15, 0.2) is 83.3 Å². The lowest BCUT2D eigenvalue weighted by molar-refractivity contribution is 0.330. The zero-order valence-electron chi connectivity index (χ0n) is 24.4. The lowest BCUT2D eigenvalue weighted by atomic mass is 9.86. The molecule has 0 atom stereocenters. The molecule has 48 heavy (non-hydrogen) atoms. The average molecular weight is 639 g/mol. The summed E-state index contributed by atoms with van der Waals surface area (Å²) in [6.45, 7) is 0. The van der Waals surface area contributed by atoms with E-state index in [4.69, 9.17) is 4.42 Å². The second kappa shape index (κ2) is 9.08. The smallest absolute Gasteiger partial charge is 0.208 e. The first-order valence-electron chi connectivity index (χ1n) is 14.7. The Morgan fingerprint density at radius 3 is 1.60 bits per heavy atom. The topological polar surface area (TPSA) is 195 Å². The van der Waals surface area contributed by atoms with E-state index in [9.17, 15) is 46.0 Å². The maximum absolute atomic E-state index is 11.9. The SMILES string of the molecule is Oc1c(O)c(O)c(-c2c3ccccc3c3c4cc(ccc24)c2c(O)c(O)c(O)c(c2O)c2c3ccc3c4ccccc4oc32)c(O)c1O. The summed E-state index contributed by atoms with van der Waals surface area (Å²) in [4.78, 5) is 0. The summed E-state index contributed by atoms with van der Waals surface area (Å²) in [5.74, 6) is -7.82. The van der Waals surface area contributed by atoms with E-state index < -0.39 is 51.7 Å². The molecule has 0 saturated heterocycles. The highest BCUT2D eigenvalue weighted by Gasteiger charge is 2.29. The van der Waals surface area contributed by atoms with Gasteiger partial charge in [0.05, 0.1) is 16.3 Å². The van der Waals surface area contributed by atoms with Crippen LogP contribution in [-0.4, -0.2) is 46.0 Å². The normalized spacial score (nSPS) is 12.1. The molecule has 0 aliphatic rings. The number of rotatable bonds is 1. The van der Waals surface area contributed by atoms with E-state index >= 15 is 0 Å². The van der Waals surface area contributed by atoms with Crippen LogP contribution in [0.3, 0.4) is 0 Å². The standard InChI is InChI=1S/C38H22O10/c39-29-23-14-9-10-18-21(13-14)24(16-6-1-2-7-17(16)25(18)27-31(41)35(45)37(47)36(46)32(27)42)20-12-11-19-15-5-3-4-8-22(15)48-38(19)26(20)28(29)33(43)34(44)30(23)40/h1-13,39-47H. The molecule has 234 valence electrons. The van der Waals surface area contributed by atoms with E-state index in [1.807, 2.05) is 24.3 Å². The lowest BCUT2D eigenvalue weighted by Gasteiger charge is -2.18. The van der Waals surface area contributed by atoms with Gasteiger partial charge in [0.25, 0.3) is 0 Å². The molecule has 1 aromatic heterocycles. The highest BCUT2D eigenvalue weighted by atomic mass is 16.4. The Morgan fingerprint density at radius 1 is 0.333 bits per heavy atom. The molecular formula is C38H22O10. The van der Waals surface area contributed by atoms with Gasteiger partial charge in [-0.1, -0.05) is 60.7 Å². The number of phenolic OH excluding ortho intramolecular Hbond substituents is 9. The first-order chi connectivity index (χ1) is 23.1. The Morgan fingerprint density at radius 2 is 0.875 bits per heavy atom. The molecule has 0 saturated carbocycles. The van der Waals surface area contributed by atoms with Gasteiger partial charge in [-0.25, -0.2) is 0 Å². The van der Waals surface area contributed by atoms with E-state index in [-0.39, 0.29) is 38.3 Å². The Kier molecular flexibility index (Phi) is 5.18. The molecule has 10 heteroatoms. The molecule has 9 aromatic rings. The highest BCUT2D eigenvalue weighted by Crippen LogP contribution is 2.59. The van der Waals surface area contributed by atoms with Crippen LogP contribution < -0.4 is 0 Å². The Labute approximate surface area is 267 Å². The first kappa shape index (κ1) is 27.4. The summed E-state index contributed by atoms with van der Waals surface area (Å²) in [6, 6.07) is 22.7. The fraction of sp³-hybridized carbons (Fsp3) is 0. The van der Waals surface area contributed by atoms with E-state index in [0.717, 1.165) is 5.39 Å². The van der Waals surface area contributed by atoms with Crippen molar-refractivity contribution >= 4 is 75.8 Å². The largest absolute Gasteiger partial charge is 0.506 e. The Hall–Kier alpha value is -6.94. The van der Waals surface area contributed by atoms with Crippen LogP contribution >= 0.6 is 0 Å². The van der Waals surface area contributed by atoms with Crippen molar-refractivity contribution < 1.29 is 50.4 Å². The fourth-order valence-corrected chi connectivity index (χ4v) is 7.27. The van der Waals surface area contributed by atoms with Gasteiger partial charge < -0.3 is 50.4 Å². The number of para-hydroxylation sites is 1. The van der Waals surface area contributed by atoms with Crippen molar-refractivity contribution in [2.75, 3.05) is 0 Å². The van der Waals surface area contributed by atoms with Crippen molar-refractivity contribution in [1.82, 2.24) is 0 Å². The second-order valence-corrected chi connectivity index (χ2v) is 11.8. The molecule has 9 rings (SSSR count). The predicted molar refractivity (Wildman–Crippen MR) is 182 cm³/mol. The minimum absolute atomic E-state index is 0.172. The van der Waals surface area contributed by atoms with Crippen LogP contribution in [0, 0.1) is 0 Å². The number of benzene rings is 7. The molecule has 9 N–H and O–H groups in total. The Bertz CT molecular complexity index is 2910. The fourth-order valence-electron chi connectivity index (χ4n) is 7.27. The Balaban J connectivity index is 1.68. The number of hydrogen-bond donors (Lipinski definition) is 9. The molecule has 0 aliphatic heterocycles. The molecule has 0 aliphatic carbocycles. The van der Waals surface area contributed by atoms with Gasteiger partial charge in [-0.15, -0.1) is 0 Å². The molecule has 10 nitrogen and oxygen atoms in total. The third-order valence-corrected chi connectivity index (χ3v) is 9.40. The molecule has 0 spiro atoms. The van der Waals surface area contributed by atoms with Crippen LogP contribution in [0.25, 0.3) is 86.9 Å². The molecule has 0 unspecified atom stereocenters. The highest BCUT2D eigenvalue weighted by molar-refractivity contribution is 6.36. The maximum Gasteiger partial charge on any atom is 0.208 e. The third-order valence-electron chi connectivity index (χ3n) is 9.40. The van der Waals surface area contributed by atoms with Crippen molar-refractivity contribution in [3.8, 4) is 62.9 Å². The molecule has 0 radical (unpaired) electrons. The van der Waals surface area contributed by atoms with Crippen LogP contribution in [0.4, 0.5) is 0 Å². The molecule has 4 bridgehead atoms. The summed E-state index contributed by atoms with van der Waals surface area (Å²) in [5, 5.41) is 103. The third kappa shape index (κ3) is 3.20. The van der Waals surface area contributed by atoms with Crippen LogP contribution in [0.5, 0.6) is 51.7 Å². The minimum Gasteiger partial charge on any atom is -0.506 e. The van der Waals surface area contributed by atoms with Crippen LogP contribution in [0.1, 0.15) is 0 Å². The van der Waals surface area contributed by atoms with Crippen molar-refractivity contribution in [2.24, 2.45) is 0 Å². The summed E-state index contributed by atoms with van der Waals surface area (Å²) < 4.78 is 6.38. The van der Waals surface area contributed by atoms with Crippen LogP contribution in [-0.2, 0) is 0 Å². The van der Waals surface area contributed by atoms with E-state index in [2.05, 4.69) is 0 Å². The van der Waals surface area contributed by atoms with Crippen molar-refractivity contribution in [3.63, 3.8) is 0 Å². The molecule has 8 aromatic carbocycles. The maximum atomic E-state index is 11.9. The summed E-state index contributed by atoms with van der Waals surface area (Å²) >= 11 is 0. The second-order valence-electron chi connectivity index (χ2n) is 11.8. The van der Waals surface area contributed by atoms with E-state index in [1.165, 1.54) is 6.07 Å². The van der Waals surface area contributed by atoms with Gasteiger partial charge in [-0.3, -0.25) is 0 Å². The number of hydrogen-bond acceptors (Lipinski definition) is 10. The van der Waals surface area contributed by atoms with Gasteiger partial charge in [-0.2, -0.15) is 0 Å². The zero-order valence-corrected chi connectivity index (χ0v) is 24.4. The number of aromatic hydroxyl groups is 9. The van der Waals surface area contributed by atoms with Gasteiger partial charge in [0.1, 0.15) is 16.9 Å². The quantitative estimate of drug-likeness (QED) is 0.0479. The van der Waals surface area contributed by atoms with E-state index in [0.29, 0.717) is 43.3 Å². The van der Waals surface area contributed by atoms with Crippen molar-refractivity contribution in [2.45, 2.75) is 0 Å². The molecular weight excluding hydrogens is 616 g/mol. The van der Waals surface area contributed by atoms with Crippen molar-refractivity contribution in [1.29, 1.82) is 0 Å². The monoisotopic (exact) mass is 638 g/mol. The molecule has 1 heterocycles. The zero-order chi connectivity index (χ0) is 33.3. The molecule has 0 amide bonds. The van der Waals surface area contributed by atoms with Crippen molar-refractivity contribution in [3.05, 3.63) is 78.9 Å². The average Bonchev–Trinajstić information content (AvgIpc) is 3.48. The van der Waals surface area contributed by atoms with E-state index in [1.54, 1.807) is 48.5 Å². The number of fused-ring (bicyclic) bond motifs is 13. The summed E-state index contributed by atoms with van der Waals surface area (Å²) in [5.41, 5.74) is 0.655. The van der Waals surface area contributed by atoms with Gasteiger partial charge in [0.15, 0.2) is 23.0 Å². The number of phenols is 9. The van der Waals surface area contributed by atoms with Gasteiger partial charge in [-0.05, 0) is 55.9 Å². The summed E-state index contributed by atoms with van der Waals surface area (Å²) in [6.07, 6.45) is 0. The van der Waals surface area contributed by atoms with Gasteiger partial charge >= 0.3 is 0 Å².